The van der Waals surface area contributed by atoms with Crippen molar-refractivity contribution in [1.82, 2.24) is 9.97 Å². The predicted molar refractivity (Wildman–Crippen MR) is 60.3 cm³/mol. The Labute approximate surface area is 99.8 Å². The highest BCUT2D eigenvalue weighted by Crippen LogP contribution is 2.28. The van der Waals surface area contributed by atoms with Crippen molar-refractivity contribution < 1.29 is 8.78 Å². The first kappa shape index (κ1) is 11.3. The SMILES string of the molecule is Fc1ccc(C(Br)Cc2ncc[nH]2)c(F)c1. The normalized spacial score (nSPS) is 12.7. The largest absolute Gasteiger partial charge is 0.349 e. The summed E-state index contributed by atoms with van der Waals surface area (Å²) < 4.78 is 26.1. The number of alkyl halides is 1. The lowest BCUT2D eigenvalue weighted by Gasteiger charge is -2.09. The summed E-state index contributed by atoms with van der Waals surface area (Å²) in [4.78, 5) is 6.75. The second-order valence-electron chi connectivity index (χ2n) is 3.37. The number of imidazole rings is 1. The van der Waals surface area contributed by atoms with E-state index < -0.39 is 11.6 Å². The molecule has 0 aliphatic heterocycles. The van der Waals surface area contributed by atoms with Crippen molar-refractivity contribution in [2.24, 2.45) is 0 Å². The predicted octanol–water partition coefficient (Wildman–Crippen LogP) is 3.37. The third-order valence-corrected chi connectivity index (χ3v) is 3.04. The molecule has 1 heterocycles. The van der Waals surface area contributed by atoms with Gasteiger partial charge < -0.3 is 4.98 Å². The number of aromatic amines is 1. The molecule has 1 aromatic heterocycles. The summed E-state index contributed by atoms with van der Waals surface area (Å²) in [6, 6.07) is 3.56. The Morgan fingerprint density at radius 1 is 1.38 bits per heavy atom. The molecular weight excluding hydrogens is 278 g/mol. The molecule has 84 valence electrons. The summed E-state index contributed by atoms with van der Waals surface area (Å²) in [6.07, 6.45) is 3.86. The lowest BCUT2D eigenvalue weighted by atomic mass is 10.1. The van der Waals surface area contributed by atoms with Crippen molar-refractivity contribution >= 4 is 15.9 Å². The van der Waals surface area contributed by atoms with Crippen LogP contribution in [0, 0.1) is 11.6 Å². The van der Waals surface area contributed by atoms with Crippen molar-refractivity contribution in [2.45, 2.75) is 11.2 Å². The van der Waals surface area contributed by atoms with Gasteiger partial charge in [-0.3, -0.25) is 0 Å². The second-order valence-corrected chi connectivity index (χ2v) is 4.48. The zero-order valence-corrected chi connectivity index (χ0v) is 9.84. The third kappa shape index (κ3) is 2.47. The standard InChI is InChI=1S/C11H9BrF2N2/c12-9(6-11-15-3-4-16-11)8-2-1-7(13)5-10(8)14/h1-5,9H,6H2,(H,15,16). The zero-order chi connectivity index (χ0) is 11.5. The van der Waals surface area contributed by atoms with Crippen LogP contribution in [-0.2, 0) is 6.42 Å². The summed E-state index contributed by atoms with van der Waals surface area (Å²) in [5.74, 6) is -0.363. The summed E-state index contributed by atoms with van der Waals surface area (Å²) in [6.45, 7) is 0. The van der Waals surface area contributed by atoms with Gasteiger partial charge in [-0.15, -0.1) is 0 Å². The Morgan fingerprint density at radius 3 is 2.81 bits per heavy atom. The third-order valence-electron chi connectivity index (χ3n) is 2.23. The molecule has 16 heavy (non-hydrogen) atoms. The van der Waals surface area contributed by atoms with Gasteiger partial charge >= 0.3 is 0 Å². The zero-order valence-electron chi connectivity index (χ0n) is 8.25. The molecule has 0 saturated heterocycles. The number of benzene rings is 1. The number of nitrogens with one attached hydrogen (secondary N) is 1. The van der Waals surface area contributed by atoms with Gasteiger partial charge in [0.15, 0.2) is 0 Å². The molecule has 0 bridgehead atoms. The minimum atomic E-state index is -0.570. The maximum atomic E-state index is 13.4. The molecule has 0 aliphatic rings. The first-order valence-electron chi connectivity index (χ1n) is 4.74. The quantitative estimate of drug-likeness (QED) is 0.861. The molecule has 0 saturated carbocycles. The molecule has 1 atom stereocenters. The lowest BCUT2D eigenvalue weighted by molar-refractivity contribution is 0.570. The fraction of sp³-hybridized carbons (Fsp3) is 0.182. The topological polar surface area (TPSA) is 28.7 Å². The van der Waals surface area contributed by atoms with Crippen LogP contribution < -0.4 is 0 Å². The Morgan fingerprint density at radius 2 is 2.19 bits per heavy atom. The number of halogens is 3. The molecule has 0 amide bonds. The van der Waals surface area contributed by atoms with E-state index in [2.05, 4.69) is 25.9 Å². The summed E-state index contributed by atoms with van der Waals surface area (Å²) in [7, 11) is 0. The molecule has 1 aromatic carbocycles. The van der Waals surface area contributed by atoms with E-state index in [9.17, 15) is 8.78 Å². The van der Waals surface area contributed by atoms with Gasteiger partial charge in [0.1, 0.15) is 17.5 Å². The minimum Gasteiger partial charge on any atom is -0.349 e. The van der Waals surface area contributed by atoms with Crippen LogP contribution in [0.5, 0.6) is 0 Å². The van der Waals surface area contributed by atoms with E-state index >= 15 is 0 Å². The Bertz CT molecular complexity index is 471. The highest BCUT2D eigenvalue weighted by Gasteiger charge is 2.14. The van der Waals surface area contributed by atoms with E-state index in [0.29, 0.717) is 12.0 Å². The maximum absolute atomic E-state index is 13.4. The van der Waals surface area contributed by atoms with Crippen LogP contribution in [0.25, 0.3) is 0 Å². The second kappa shape index (κ2) is 4.74. The number of hydrogen-bond acceptors (Lipinski definition) is 1. The average molecular weight is 287 g/mol. The molecule has 2 rings (SSSR count). The molecular formula is C11H9BrF2N2. The highest BCUT2D eigenvalue weighted by molar-refractivity contribution is 9.09. The van der Waals surface area contributed by atoms with Gasteiger partial charge in [-0.2, -0.15) is 0 Å². The van der Waals surface area contributed by atoms with Gasteiger partial charge in [-0.25, -0.2) is 13.8 Å². The molecule has 0 spiro atoms. The summed E-state index contributed by atoms with van der Waals surface area (Å²) >= 11 is 3.36. The smallest absolute Gasteiger partial charge is 0.130 e. The fourth-order valence-corrected chi connectivity index (χ4v) is 2.12. The average Bonchev–Trinajstić information content (AvgIpc) is 2.70. The molecule has 1 unspecified atom stereocenters. The molecule has 2 nitrogen and oxygen atoms in total. The van der Waals surface area contributed by atoms with Gasteiger partial charge in [0.25, 0.3) is 0 Å². The van der Waals surface area contributed by atoms with Gasteiger partial charge in [0, 0.05) is 35.3 Å². The molecule has 5 heteroatoms. The van der Waals surface area contributed by atoms with Gasteiger partial charge in [-0.05, 0) is 6.07 Å². The number of aromatic nitrogens is 2. The first-order chi connectivity index (χ1) is 7.66. The van der Waals surface area contributed by atoms with Crippen LogP contribution in [0.4, 0.5) is 8.78 Å². The number of rotatable bonds is 3. The lowest BCUT2D eigenvalue weighted by Crippen LogP contribution is -2.00. The van der Waals surface area contributed by atoms with E-state index in [1.165, 1.54) is 12.1 Å². The summed E-state index contributed by atoms with van der Waals surface area (Å²) in [5, 5.41) is 0. The molecule has 0 fully saturated rings. The van der Waals surface area contributed by atoms with E-state index in [4.69, 9.17) is 0 Å². The van der Waals surface area contributed by atoms with Gasteiger partial charge in [0.2, 0.25) is 0 Å². The fourth-order valence-electron chi connectivity index (χ4n) is 1.44. The van der Waals surface area contributed by atoms with Crippen LogP contribution in [0.2, 0.25) is 0 Å². The molecule has 0 aliphatic carbocycles. The van der Waals surface area contributed by atoms with Gasteiger partial charge in [0.05, 0.1) is 0 Å². The first-order valence-corrected chi connectivity index (χ1v) is 5.65. The number of hydrogen-bond donors (Lipinski definition) is 1. The Balaban J connectivity index is 2.17. The van der Waals surface area contributed by atoms with Crippen molar-refractivity contribution in [2.75, 3.05) is 0 Å². The van der Waals surface area contributed by atoms with Crippen molar-refractivity contribution in [3.63, 3.8) is 0 Å². The Hall–Kier alpha value is -1.23. The molecule has 0 radical (unpaired) electrons. The van der Waals surface area contributed by atoms with Crippen molar-refractivity contribution in [3.8, 4) is 0 Å². The van der Waals surface area contributed by atoms with E-state index in [0.717, 1.165) is 11.9 Å². The van der Waals surface area contributed by atoms with Crippen LogP contribution >= 0.6 is 15.9 Å². The van der Waals surface area contributed by atoms with E-state index in [-0.39, 0.29) is 4.83 Å². The van der Waals surface area contributed by atoms with E-state index in [1.807, 2.05) is 0 Å². The van der Waals surface area contributed by atoms with Crippen LogP contribution in [0.3, 0.4) is 0 Å². The number of H-pyrrole nitrogens is 1. The monoisotopic (exact) mass is 286 g/mol. The number of nitrogens with zero attached hydrogens (tertiary/aromatic N) is 1. The van der Waals surface area contributed by atoms with Crippen molar-refractivity contribution in [1.29, 1.82) is 0 Å². The van der Waals surface area contributed by atoms with Crippen molar-refractivity contribution in [3.05, 3.63) is 53.6 Å². The maximum Gasteiger partial charge on any atom is 0.130 e. The molecule has 1 N–H and O–H groups in total. The minimum absolute atomic E-state index is 0.223. The van der Waals surface area contributed by atoms with Crippen LogP contribution in [0.15, 0.2) is 30.6 Å². The highest BCUT2D eigenvalue weighted by atomic mass is 79.9. The Kier molecular flexibility index (Phi) is 3.33. The van der Waals surface area contributed by atoms with E-state index in [1.54, 1.807) is 12.4 Å². The van der Waals surface area contributed by atoms with Gasteiger partial charge in [-0.1, -0.05) is 22.0 Å². The van der Waals surface area contributed by atoms with Crippen LogP contribution in [0.1, 0.15) is 16.2 Å². The molecule has 2 aromatic rings. The van der Waals surface area contributed by atoms with Crippen LogP contribution in [-0.4, -0.2) is 9.97 Å². The summed E-state index contributed by atoms with van der Waals surface area (Å²) in [5.41, 5.74) is 0.429.